The summed E-state index contributed by atoms with van der Waals surface area (Å²) < 4.78 is 66.5. The monoisotopic (exact) mass is 478 g/mol. The van der Waals surface area contributed by atoms with E-state index in [4.69, 9.17) is 0 Å². The highest BCUT2D eigenvalue weighted by molar-refractivity contribution is 7.90. The summed E-state index contributed by atoms with van der Waals surface area (Å²) in [5.74, 6) is -0.483. The maximum Gasteiger partial charge on any atom is 0.416 e. The number of likely N-dealkylation sites (tertiary alicyclic amines) is 1. The molecule has 1 aromatic heterocycles. The summed E-state index contributed by atoms with van der Waals surface area (Å²) in [6.07, 6.45) is 1.12. The number of carbonyl (C=O) groups is 1. The van der Waals surface area contributed by atoms with Gasteiger partial charge in [0.2, 0.25) is 5.91 Å². The second-order valence-electron chi connectivity index (χ2n) is 8.39. The molecule has 2 aromatic carbocycles. The van der Waals surface area contributed by atoms with Gasteiger partial charge in [0.25, 0.3) is 0 Å². The normalized spacial score (nSPS) is 15.5. The lowest BCUT2D eigenvalue weighted by molar-refractivity contribution is -0.137. The molecule has 0 aliphatic carbocycles. The fourth-order valence-electron chi connectivity index (χ4n) is 4.24. The van der Waals surface area contributed by atoms with Crippen LogP contribution in [-0.2, 0) is 33.1 Å². The molecule has 0 spiro atoms. The fraction of sp³-hybridized carbons (Fsp3) is 0.375. The Morgan fingerprint density at radius 2 is 1.55 bits per heavy atom. The third kappa shape index (κ3) is 5.24. The molecule has 1 aliphatic heterocycles. The number of sulfone groups is 1. The molecule has 1 amide bonds. The van der Waals surface area contributed by atoms with Gasteiger partial charge in [-0.15, -0.1) is 0 Å². The average molecular weight is 479 g/mol. The lowest BCUT2D eigenvalue weighted by Crippen LogP contribution is -2.34. The number of nitrogens with zero attached hydrogens (tertiary/aromatic N) is 2. The minimum absolute atomic E-state index is 0.0380. The van der Waals surface area contributed by atoms with Gasteiger partial charge in [-0.1, -0.05) is 43.2 Å². The number of amides is 1. The van der Waals surface area contributed by atoms with E-state index in [1.165, 1.54) is 18.3 Å². The topological polar surface area (TPSA) is 59.4 Å². The van der Waals surface area contributed by atoms with Crippen LogP contribution in [0.25, 0.3) is 10.9 Å². The Morgan fingerprint density at radius 1 is 0.909 bits per heavy atom. The molecule has 33 heavy (non-hydrogen) atoms. The molecule has 5 nitrogen and oxygen atoms in total. The predicted octanol–water partition coefficient (Wildman–Crippen LogP) is 5.04. The van der Waals surface area contributed by atoms with Gasteiger partial charge >= 0.3 is 6.18 Å². The number of halogens is 3. The van der Waals surface area contributed by atoms with Crippen molar-refractivity contribution in [1.82, 2.24) is 9.47 Å². The van der Waals surface area contributed by atoms with Crippen LogP contribution in [0.2, 0.25) is 0 Å². The Bertz CT molecular complexity index is 1240. The molecule has 0 atom stereocenters. The van der Waals surface area contributed by atoms with Gasteiger partial charge in [0.05, 0.1) is 16.2 Å². The summed E-state index contributed by atoms with van der Waals surface area (Å²) in [5, 5.41) is 0.494. The van der Waals surface area contributed by atoms with Crippen molar-refractivity contribution in [3.8, 4) is 0 Å². The molecule has 1 fully saturated rings. The van der Waals surface area contributed by atoms with Crippen molar-refractivity contribution in [2.45, 2.75) is 49.1 Å². The van der Waals surface area contributed by atoms with E-state index in [9.17, 15) is 26.4 Å². The minimum Gasteiger partial charge on any atom is -0.341 e. The molecule has 0 radical (unpaired) electrons. The van der Waals surface area contributed by atoms with Gasteiger partial charge in [0, 0.05) is 30.2 Å². The SMILES string of the molecule is O=C(Cn1cc(S(=O)(=O)Cc2ccc(C(F)(F)F)cc2)c2ccccc21)N1CCCCCC1. The molecule has 1 aliphatic rings. The Kier molecular flexibility index (Phi) is 6.52. The van der Waals surface area contributed by atoms with Crippen LogP contribution in [0.15, 0.2) is 59.6 Å². The summed E-state index contributed by atoms with van der Waals surface area (Å²) in [4.78, 5) is 14.8. The maximum absolute atomic E-state index is 13.2. The number of hydrogen-bond donors (Lipinski definition) is 0. The van der Waals surface area contributed by atoms with Crippen molar-refractivity contribution in [2.24, 2.45) is 0 Å². The van der Waals surface area contributed by atoms with Crippen LogP contribution in [0.1, 0.15) is 36.8 Å². The number of rotatable bonds is 5. The van der Waals surface area contributed by atoms with Crippen LogP contribution in [0.4, 0.5) is 13.2 Å². The van der Waals surface area contributed by atoms with Crippen LogP contribution in [0.3, 0.4) is 0 Å². The van der Waals surface area contributed by atoms with Gasteiger partial charge in [-0.3, -0.25) is 4.79 Å². The van der Waals surface area contributed by atoms with Crippen LogP contribution in [0.5, 0.6) is 0 Å². The van der Waals surface area contributed by atoms with Gasteiger partial charge in [0.15, 0.2) is 9.84 Å². The van der Waals surface area contributed by atoms with E-state index in [0.29, 0.717) is 24.0 Å². The Hall–Kier alpha value is -2.81. The highest BCUT2D eigenvalue weighted by Gasteiger charge is 2.30. The molecule has 0 unspecified atom stereocenters. The minimum atomic E-state index is -4.48. The van der Waals surface area contributed by atoms with Crippen LogP contribution in [0, 0.1) is 0 Å². The van der Waals surface area contributed by atoms with E-state index < -0.39 is 27.3 Å². The molecule has 0 bridgehead atoms. The molecule has 3 aromatic rings. The first-order valence-corrected chi connectivity index (χ1v) is 12.5. The molecular weight excluding hydrogens is 453 g/mol. The molecule has 176 valence electrons. The van der Waals surface area contributed by atoms with E-state index in [1.54, 1.807) is 28.8 Å². The lowest BCUT2D eigenvalue weighted by Gasteiger charge is -2.20. The summed E-state index contributed by atoms with van der Waals surface area (Å²) in [6.45, 7) is 1.45. The summed E-state index contributed by atoms with van der Waals surface area (Å²) in [6, 6.07) is 11.1. The van der Waals surface area contributed by atoms with Crippen LogP contribution < -0.4 is 0 Å². The number of hydrogen-bond acceptors (Lipinski definition) is 3. The van der Waals surface area contributed by atoms with Crippen molar-refractivity contribution >= 4 is 26.6 Å². The van der Waals surface area contributed by atoms with Crippen molar-refractivity contribution in [3.05, 3.63) is 65.9 Å². The Balaban J connectivity index is 1.61. The van der Waals surface area contributed by atoms with E-state index >= 15 is 0 Å². The predicted molar refractivity (Wildman–Crippen MR) is 119 cm³/mol. The van der Waals surface area contributed by atoms with E-state index in [-0.39, 0.29) is 22.9 Å². The van der Waals surface area contributed by atoms with Gasteiger partial charge in [0.1, 0.15) is 6.54 Å². The van der Waals surface area contributed by atoms with Crippen molar-refractivity contribution in [3.63, 3.8) is 0 Å². The zero-order valence-corrected chi connectivity index (χ0v) is 18.8. The standard InChI is InChI=1S/C24H25F3N2O3S/c25-24(26,27)19-11-9-18(10-12-19)17-33(31,32)22-15-29(21-8-4-3-7-20(21)22)16-23(30)28-13-5-1-2-6-14-28/h3-4,7-12,15H,1-2,5-6,13-14,16-17H2. The zero-order valence-electron chi connectivity index (χ0n) is 18.0. The second kappa shape index (κ2) is 9.21. The molecule has 2 heterocycles. The summed E-state index contributed by atoms with van der Waals surface area (Å²) >= 11 is 0. The Morgan fingerprint density at radius 3 is 2.18 bits per heavy atom. The van der Waals surface area contributed by atoms with E-state index in [1.807, 2.05) is 4.90 Å². The summed E-state index contributed by atoms with van der Waals surface area (Å²) in [7, 11) is -3.86. The van der Waals surface area contributed by atoms with E-state index in [0.717, 1.165) is 37.8 Å². The van der Waals surface area contributed by atoms with Crippen molar-refractivity contribution in [2.75, 3.05) is 13.1 Å². The van der Waals surface area contributed by atoms with E-state index in [2.05, 4.69) is 0 Å². The lowest BCUT2D eigenvalue weighted by atomic mass is 10.1. The number of aromatic nitrogens is 1. The average Bonchev–Trinajstić information content (AvgIpc) is 2.94. The summed E-state index contributed by atoms with van der Waals surface area (Å²) in [5.41, 5.74) is 0.0689. The molecule has 0 saturated carbocycles. The number of fused-ring (bicyclic) bond motifs is 1. The smallest absolute Gasteiger partial charge is 0.341 e. The van der Waals surface area contributed by atoms with Crippen LogP contribution >= 0.6 is 0 Å². The number of benzene rings is 2. The van der Waals surface area contributed by atoms with Gasteiger partial charge in [-0.2, -0.15) is 13.2 Å². The van der Waals surface area contributed by atoms with Gasteiger partial charge in [-0.05, 0) is 36.6 Å². The molecule has 4 rings (SSSR count). The highest BCUT2D eigenvalue weighted by Crippen LogP contribution is 2.31. The zero-order chi connectivity index (χ0) is 23.6. The largest absolute Gasteiger partial charge is 0.416 e. The first-order chi connectivity index (χ1) is 15.6. The number of alkyl halides is 3. The first-order valence-electron chi connectivity index (χ1n) is 10.9. The third-order valence-electron chi connectivity index (χ3n) is 5.99. The van der Waals surface area contributed by atoms with Gasteiger partial charge < -0.3 is 9.47 Å². The van der Waals surface area contributed by atoms with Crippen LogP contribution in [-0.4, -0.2) is 36.9 Å². The molecule has 0 N–H and O–H groups in total. The quantitative estimate of drug-likeness (QED) is 0.517. The fourth-order valence-corrected chi connectivity index (χ4v) is 5.83. The maximum atomic E-state index is 13.2. The Labute approximate surface area is 190 Å². The molecular formula is C24H25F3N2O3S. The second-order valence-corrected chi connectivity index (χ2v) is 10.3. The highest BCUT2D eigenvalue weighted by atomic mass is 32.2. The molecule has 9 heteroatoms. The van der Waals surface area contributed by atoms with Gasteiger partial charge in [-0.25, -0.2) is 8.42 Å². The molecule has 1 saturated heterocycles. The van der Waals surface area contributed by atoms with Crippen molar-refractivity contribution < 1.29 is 26.4 Å². The number of carbonyl (C=O) groups excluding carboxylic acids is 1. The third-order valence-corrected chi connectivity index (χ3v) is 7.70. The number of para-hydroxylation sites is 1. The first kappa shape index (κ1) is 23.4. The van der Waals surface area contributed by atoms with Crippen molar-refractivity contribution in [1.29, 1.82) is 0 Å².